The summed E-state index contributed by atoms with van der Waals surface area (Å²) in [6.07, 6.45) is 0.722. The van der Waals surface area contributed by atoms with Crippen molar-refractivity contribution in [3.8, 4) is 11.4 Å². The molecule has 0 bridgehead atoms. The Balaban J connectivity index is 1.40. The van der Waals surface area contributed by atoms with Gasteiger partial charge in [0.15, 0.2) is 5.96 Å². The number of aromatic nitrogens is 2. The Morgan fingerprint density at radius 3 is 2.65 bits per heavy atom. The van der Waals surface area contributed by atoms with Gasteiger partial charge in [-0.2, -0.15) is 4.98 Å². The Hall–Kier alpha value is -3.68. The second-order valence-corrected chi connectivity index (χ2v) is 7.69. The van der Waals surface area contributed by atoms with Gasteiger partial charge < -0.3 is 20.0 Å². The van der Waals surface area contributed by atoms with Gasteiger partial charge in [0, 0.05) is 18.7 Å². The van der Waals surface area contributed by atoms with E-state index < -0.39 is 0 Å². The summed E-state index contributed by atoms with van der Waals surface area (Å²) in [5, 5.41) is 16.0. The molecule has 1 unspecified atom stereocenters. The Morgan fingerprint density at radius 2 is 1.97 bits per heavy atom. The number of guanidine groups is 1. The van der Waals surface area contributed by atoms with Crippen LogP contribution in [0.4, 0.5) is 0 Å². The third kappa shape index (κ3) is 4.74. The smallest absolute Gasteiger partial charge is 0.231 e. The summed E-state index contributed by atoms with van der Waals surface area (Å²) >= 11 is 0. The second kappa shape index (κ2) is 8.99. The molecule has 2 aromatic carbocycles. The summed E-state index contributed by atoms with van der Waals surface area (Å²) in [7, 11) is 0. The molecule has 0 aliphatic carbocycles. The number of oxime groups is 1. The molecule has 8 nitrogen and oxygen atoms in total. The molecule has 1 aliphatic rings. The Kier molecular flexibility index (Phi) is 5.97. The molecule has 8 heteroatoms. The Labute approximate surface area is 181 Å². The molecule has 3 aromatic rings. The number of nitrogens with one attached hydrogen (secondary N) is 1. The molecule has 160 valence electrons. The van der Waals surface area contributed by atoms with Crippen LogP contribution in [0.5, 0.6) is 0 Å². The molecule has 0 amide bonds. The molecule has 0 spiro atoms. The number of nitrogens with two attached hydrogens (primary N) is 1. The van der Waals surface area contributed by atoms with E-state index in [2.05, 4.69) is 15.3 Å². The normalized spacial score (nSPS) is 17.5. The number of hydrogen-bond donors (Lipinski definition) is 2. The third-order valence-electron chi connectivity index (χ3n) is 5.50. The summed E-state index contributed by atoms with van der Waals surface area (Å²) in [4.78, 5) is 12.0. The molecule has 0 saturated carbocycles. The van der Waals surface area contributed by atoms with Gasteiger partial charge in [-0.25, -0.2) is 0 Å². The summed E-state index contributed by atoms with van der Waals surface area (Å²) in [5.74, 6) is 1.31. The predicted octanol–water partition coefficient (Wildman–Crippen LogP) is 3.92. The highest BCUT2D eigenvalue weighted by Crippen LogP contribution is 2.27. The van der Waals surface area contributed by atoms with E-state index in [1.54, 1.807) is 0 Å². The third-order valence-corrected chi connectivity index (χ3v) is 5.50. The molecule has 1 aliphatic heterocycles. The van der Waals surface area contributed by atoms with Gasteiger partial charge in [-0.1, -0.05) is 64.9 Å². The van der Waals surface area contributed by atoms with Crippen LogP contribution in [0.25, 0.3) is 11.4 Å². The van der Waals surface area contributed by atoms with Crippen molar-refractivity contribution in [3.05, 3.63) is 71.6 Å². The minimum Gasteiger partial charge on any atom is -0.388 e. The van der Waals surface area contributed by atoms with Crippen molar-refractivity contribution in [3.63, 3.8) is 0 Å². The fourth-order valence-electron chi connectivity index (χ4n) is 3.56. The maximum absolute atomic E-state index is 7.55. The molecule has 0 radical (unpaired) electrons. The fourth-order valence-corrected chi connectivity index (χ4v) is 3.56. The van der Waals surface area contributed by atoms with E-state index in [-0.39, 0.29) is 18.0 Å². The van der Waals surface area contributed by atoms with Crippen molar-refractivity contribution in [2.45, 2.75) is 32.3 Å². The zero-order valence-corrected chi connectivity index (χ0v) is 17.7. The van der Waals surface area contributed by atoms with E-state index >= 15 is 0 Å². The molecule has 3 N–H and O–H groups in total. The van der Waals surface area contributed by atoms with Gasteiger partial charge >= 0.3 is 0 Å². The first kappa shape index (κ1) is 20.6. The molecular weight excluding hydrogens is 392 g/mol. The van der Waals surface area contributed by atoms with E-state index in [1.165, 1.54) is 0 Å². The average Bonchev–Trinajstić information content (AvgIpc) is 3.48. The molecular formula is C23H26N6O2. The summed E-state index contributed by atoms with van der Waals surface area (Å²) < 4.78 is 5.47. The maximum atomic E-state index is 7.55. The largest absolute Gasteiger partial charge is 0.388 e. The lowest BCUT2D eigenvalue weighted by Gasteiger charge is -2.14. The Bertz CT molecular complexity index is 1060. The van der Waals surface area contributed by atoms with Crippen LogP contribution in [0, 0.1) is 5.41 Å². The van der Waals surface area contributed by atoms with E-state index in [0.29, 0.717) is 18.3 Å². The first-order valence-electron chi connectivity index (χ1n) is 10.3. The van der Waals surface area contributed by atoms with E-state index in [0.717, 1.165) is 35.4 Å². The number of likely N-dealkylation sites (tertiary alicyclic amines) is 1. The van der Waals surface area contributed by atoms with Crippen molar-refractivity contribution < 1.29 is 9.36 Å². The number of rotatable bonds is 6. The van der Waals surface area contributed by atoms with Gasteiger partial charge in [0.25, 0.3) is 0 Å². The van der Waals surface area contributed by atoms with Crippen LogP contribution in [0.3, 0.4) is 0 Å². The second-order valence-electron chi connectivity index (χ2n) is 7.69. The van der Waals surface area contributed by atoms with Crippen LogP contribution in [-0.2, 0) is 4.84 Å². The van der Waals surface area contributed by atoms with Crippen LogP contribution < -0.4 is 5.73 Å². The van der Waals surface area contributed by atoms with E-state index in [4.69, 9.17) is 20.5 Å². The standard InChI is InChI=1S/C23H26N6O2/c1-15(27-30-16(2)18-6-4-3-5-7-18)17-8-10-19(11-9-17)21-26-22(31-28-21)20-12-13-29(14-20)23(24)25/h3-11,16,20H,12-14H2,1-2H3,(H3,24,25)/b27-15+/t16?,20-/m1/s1. The van der Waals surface area contributed by atoms with Crippen molar-refractivity contribution >= 4 is 11.7 Å². The highest BCUT2D eigenvalue weighted by atomic mass is 16.6. The first-order chi connectivity index (χ1) is 15.0. The molecule has 31 heavy (non-hydrogen) atoms. The number of nitrogens with zero attached hydrogens (tertiary/aromatic N) is 4. The van der Waals surface area contributed by atoms with E-state index in [9.17, 15) is 0 Å². The lowest BCUT2D eigenvalue weighted by Crippen LogP contribution is -2.34. The Morgan fingerprint density at radius 1 is 1.23 bits per heavy atom. The van der Waals surface area contributed by atoms with Crippen molar-refractivity contribution in [2.24, 2.45) is 10.9 Å². The van der Waals surface area contributed by atoms with Gasteiger partial charge in [0.1, 0.15) is 6.10 Å². The maximum Gasteiger partial charge on any atom is 0.231 e. The van der Waals surface area contributed by atoms with Crippen molar-refractivity contribution in [1.82, 2.24) is 15.0 Å². The molecule has 2 heterocycles. The van der Waals surface area contributed by atoms with Crippen LogP contribution in [0.1, 0.15) is 49.3 Å². The molecule has 4 rings (SSSR count). The molecule has 1 fully saturated rings. The summed E-state index contributed by atoms with van der Waals surface area (Å²) in [5.41, 5.74) is 9.26. The lowest BCUT2D eigenvalue weighted by molar-refractivity contribution is 0.0723. The van der Waals surface area contributed by atoms with E-state index in [1.807, 2.05) is 73.3 Å². The zero-order chi connectivity index (χ0) is 21.8. The highest BCUT2D eigenvalue weighted by molar-refractivity contribution is 5.98. The monoisotopic (exact) mass is 418 g/mol. The summed E-state index contributed by atoms with van der Waals surface area (Å²) in [6, 6.07) is 17.8. The minimum absolute atomic E-state index is 0.0806. The molecule has 2 atom stereocenters. The van der Waals surface area contributed by atoms with Gasteiger partial charge in [-0.15, -0.1) is 0 Å². The van der Waals surface area contributed by atoms with Crippen LogP contribution in [-0.4, -0.2) is 39.8 Å². The van der Waals surface area contributed by atoms with Crippen LogP contribution >= 0.6 is 0 Å². The van der Waals surface area contributed by atoms with Crippen LogP contribution in [0.15, 0.2) is 64.3 Å². The topological polar surface area (TPSA) is 114 Å². The first-order valence-corrected chi connectivity index (χ1v) is 10.3. The number of hydrogen-bond acceptors (Lipinski definition) is 6. The quantitative estimate of drug-likeness (QED) is 0.356. The van der Waals surface area contributed by atoms with Gasteiger partial charge in [-0.05, 0) is 31.4 Å². The zero-order valence-electron chi connectivity index (χ0n) is 17.7. The van der Waals surface area contributed by atoms with Gasteiger partial charge in [-0.3, -0.25) is 5.41 Å². The number of benzene rings is 2. The predicted molar refractivity (Wildman–Crippen MR) is 119 cm³/mol. The lowest BCUT2D eigenvalue weighted by atomic mass is 10.1. The van der Waals surface area contributed by atoms with Crippen LogP contribution in [0.2, 0.25) is 0 Å². The molecule has 1 aromatic heterocycles. The fraction of sp³-hybridized carbons (Fsp3) is 0.304. The van der Waals surface area contributed by atoms with Crippen molar-refractivity contribution in [1.29, 1.82) is 5.41 Å². The SMILES string of the molecule is C/C(=N\OC(C)c1ccccc1)c1ccc(-c2noc([C@@H]3CCN(C(=N)N)C3)n2)cc1. The van der Waals surface area contributed by atoms with Crippen molar-refractivity contribution in [2.75, 3.05) is 13.1 Å². The van der Waals surface area contributed by atoms with Gasteiger partial charge in [0.2, 0.25) is 11.7 Å². The average molecular weight is 419 g/mol. The highest BCUT2D eigenvalue weighted by Gasteiger charge is 2.29. The van der Waals surface area contributed by atoms with Gasteiger partial charge in [0.05, 0.1) is 11.6 Å². The minimum atomic E-state index is -0.123. The molecule has 1 saturated heterocycles. The summed E-state index contributed by atoms with van der Waals surface area (Å²) in [6.45, 7) is 5.26.